The monoisotopic (exact) mass is 462 g/mol. The lowest BCUT2D eigenvalue weighted by Crippen LogP contribution is -2.52. The van der Waals surface area contributed by atoms with Gasteiger partial charge in [-0.1, -0.05) is 11.6 Å². The van der Waals surface area contributed by atoms with Crippen LogP contribution < -0.4 is 15.8 Å². The predicted molar refractivity (Wildman–Crippen MR) is 119 cm³/mol. The highest BCUT2D eigenvalue weighted by Gasteiger charge is 2.28. The van der Waals surface area contributed by atoms with Gasteiger partial charge in [-0.3, -0.25) is 9.78 Å². The number of nitrogens with two attached hydrogens (primary N) is 1. The Bertz CT molecular complexity index is 1220. The molecule has 4 rings (SSSR count). The van der Waals surface area contributed by atoms with Crippen LogP contribution in [0.3, 0.4) is 0 Å². The highest BCUT2D eigenvalue weighted by Crippen LogP contribution is 2.37. The van der Waals surface area contributed by atoms with Crippen LogP contribution in [0.25, 0.3) is 10.9 Å². The second-order valence-electron chi connectivity index (χ2n) is 7.13. The number of aromatic nitrogens is 1. The molecule has 0 unspecified atom stereocenters. The van der Waals surface area contributed by atoms with Gasteiger partial charge in [0.2, 0.25) is 5.91 Å². The van der Waals surface area contributed by atoms with Gasteiger partial charge in [-0.25, -0.2) is 8.78 Å². The van der Waals surface area contributed by atoms with Crippen LogP contribution in [-0.2, 0) is 0 Å². The second kappa shape index (κ2) is 8.24. The van der Waals surface area contributed by atoms with E-state index in [1.165, 1.54) is 18.3 Å². The molecule has 1 fully saturated rings. The quantitative estimate of drug-likeness (QED) is 0.552. The van der Waals surface area contributed by atoms with Crippen molar-refractivity contribution >= 4 is 51.4 Å². The number of hydrogen-bond donors (Lipinski definition) is 2. The second-order valence-corrected chi connectivity index (χ2v) is 7.90. The number of anilines is 1. The van der Waals surface area contributed by atoms with E-state index in [9.17, 15) is 13.6 Å². The summed E-state index contributed by atoms with van der Waals surface area (Å²) in [7, 11) is 0. The van der Waals surface area contributed by atoms with Crippen LogP contribution in [-0.4, -0.2) is 40.2 Å². The van der Waals surface area contributed by atoms with Gasteiger partial charge in [0.1, 0.15) is 16.9 Å². The molecule has 1 amide bonds. The normalized spacial score (nSPS) is 13.7. The van der Waals surface area contributed by atoms with Gasteiger partial charge < -0.3 is 20.7 Å². The zero-order valence-corrected chi connectivity index (χ0v) is 17.9. The van der Waals surface area contributed by atoms with Crippen molar-refractivity contribution in [2.75, 3.05) is 18.4 Å². The van der Waals surface area contributed by atoms with E-state index < -0.39 is 17.9 Å². The Morgan fingerprint density at radius 2 is 2.06 bits per heavy atom. The number of nitrogens with one attached hydrogen (secondary N) is 1. The summed E-state index contributed by atoms with van der Waals surface area (Å²) < 4.78 is 33.7. The molecule has 3 aromatic rings. The number of aryl methyl sites for hydroxylation is 1. The minimum Gasteiger partial charge on any atom is -0.453 e. The van der Waals surface area contributed by atoms with Crippen LogP contribution in [0.4, 0.5) is 14.5 Å². The van der Waals surface area contributed by atoms with Gasteiger partial charge in [-0.2, -0.15) is 0 Å². The molecule has 10 heteroatoms. The first-order valence-corrected chi connectivity index (χ1v) is 10.1. The van der Waals surface area contributed by atoms with Crippen LogP contribution in [0.1, 0.15) is 15.9 Å². The first-order chi connectivity index (χ1) is 14.7. The number of carbonyl (C=O) groups is 1. The van der Waals surface area contributed by atoms with Gasteiger partial charge in [0.15, 0.2) is 16.7 Å². The van der Waals surface area contributed by atoms with Gasteiger partial charge >= 0.3 is 0 Å². The van der Waals surface area contributed by atoms with Crippen molar-refractivity contribution in [1.29, 1.82) is 0 Å². The standard InChI is InChI=1S/C21H17ClF2N4O2S/c1-10-6-15-13(7-12(10)20(25)29)16(4-5-26-15)30-17-3-2-14(18(22)19(17)24)27-21(31)28-8-11(23)9-28/h2-7,11H,8-9H2,1H3,(H2,25,29)(H,27,31). The topological polar surface area (TPSA) is 80.5 Å². The molecule has 3 N–H and O–H groups in total. The lowest BCUT2D eigenvalue weighted by molar-refractivity contribution is 0.1000. The summed E-state index contributed by atoms with van der Waals surface area (Å²) in [6.45, 7) is 2.13. The number of thiocarbonyl (C=S) groups is 1. The summed E-state index contributed by atoms with van der Waals surface area (Å²) in [4.78, 5) is 17.6. The highest BCUT2D eigenvalue weighted by molar-refractivity contribution is 7.80. The molecule has 31 heavy (non-hydrogen) atoms. The first-order valence-electron chi connectivity index (χ1n) is 9.29. The third-order valence-electron chi connectivity index (χ3n) is 4.95. The fraction of sp³-hybridized carbons (Fsp3) is 0.190. The van der Waals surface area contributed by atoms with E-state index in [1.54, 1.807) is 30.0 Å². The number of rotatable bonds is 4. The number of amides is 1. The summed E-state index contributed by atoms with van der Waals surface area (Å²) in [5.41, 5.74) is 7.23. The SMILES string of the molecule is Cc1cc2nccc(Oc3ccc(NC(=S)N4CC(F)C4)c(Cl)c3F)c2cc1C(N)=O. The Kier molecular flexibility index (Phi) is 5.63. The van der Waals surface area contributed by atoms with Gasteiger partial charge in [-0.15, -0.1) is 0 Å². The van der Waals surface area contributed by atoms with Gasteiger partial charge in [0.25, 0.3) is 0 Å². The maximum atomic E-state index is 14.9. The molecule has 0 saturated carbocycles. The molecule has 160 valence electrons. The Morgan fingerprint density at radius 1 is 1.32 bits per heavy atom. The zero-order valence-electron chi connectivity index (χ0n) is 16.3. The molecular weight excluding hydrogens is 446 g/mol. The molecule has 6 nitrogen and oxygen atoms in total. The highest BCUT2D eigenvalue weighted by atomic mass is 35.5. The molecule has 2 aromatic carbocycles. The van der Waals surface area contributed by atoms with Gasteiger partial charge in [0.05, 0.1) is 24.3 Å². The molecule has 0 spiro atoms. The summed E-state index contributed by atoms with van der Waals surface area (Å²) in [5.74, 6) is -1.22. The van der Waals surface area contributed by atoms with Gasteiger partial charge in [-0.05, 0) is 55.0 Å². The third kappa shape index (κ3) is 4.11. The van der Waals surface area contributed by atoms with Crippen LogP contribution in [0.2, 0.25) is 5.02 Å². The number of primary amides is 1. The Hall–Kier alpha value is -3.04. The molecule has 2 heterocycles. The molecule has 0 bridgehead atoms. The van der Waals surface area contributed by atoms with E-state index in [2.05, 4.69) is 10.3 Å². The lowest BCUT2D eigenvalue weighted by atomic mass is 10.0. The van der Waals surface area contributed by atoms with E-state index in [-0.39, 0.29) is 40.4 Å². The number of carbonyl (C=O) groups excluding carboxylic acids is 1. The first kappa shape index (κ1) is 21.2. The average Bonchev–Trinajstić information content (AvgIpc) is 2.70. The van der Waals surface area contributed by atoms with Crippen molar-refractivity contribution in [2.24, 2.45) is 5.73 Å². The fourth-order valence-electron chi connectivity index (χ4n) is 3.24. The summed E-state index contributed by atoms with van der Waals surface area (Å²) in [5, 5.41) is 3.37. The summed E-state index contributed by atoms with van der Waals surface area (Å²) >= 11 is 11.4. The number of ether oxygens (including phenoxy) is 1. The number of hydrogen-bond acceptors (Lipinski definition) is 4. The van der Waals surface area contributed by atoms with E-state index in [0.717, 1.165) is 0 Å². The van der Waals surface area contributed by atoms with Crippen molar-refractivity contribution in [2.45, 2.75) is 13.1 Å². The Morgan fingerprint density at radius 3 is 2.74 bits per heavy atom. The molecule has 1 aliphatic heterocycles. The van der Waals surface area contributed by atoms with Crippen LogP contribution >= 0.6 is 23.8 Å². The number of pyridine rings is 1. The molecule has 0 radical (unpaired) electrons. The number of alkyl halides is 1. The lowest BCUT2D eigenvalue weighted by Gasteiger charge is -2.36. The van der Waals surface area contributed by atoms with E-state index in [4.69, 9.17) is 34.3 Å². The predicted octanol–water partition coefficient (Wildman–Crippen LogP) is 4.58. The number of nitrogens with zero attached hydrogens (tertiary/aromatic N) is 2. The maximum Gasteiger partial charge on any atom is 0.248 e. The summed E-state index contributed by atoms with van der Waals surface area (Å²) in [6, 6.07) is 7.73. The molecular formula is C21H17ClF2N4O2S. The minimum atomic E-state index is -0.920. The minimum absolute atomic E-state index is 0.122. The van der Waals surface area contributed by atoms with Crippen molar-refractivity contribution in [3.63, 3.8) is 0 Å². The van der Waals surface area contributed by atoms with Crippen LogP contribution in [0.15, 0.2) is 36.5 Å². The van der Waals surface area contributed by atoms with Crippen molar-refractivity contribution in [3.05, 3.63) is 58.5 Å². The van der Waals surface area contributed by atoms with E-state index >= 15 is 0 Å². The molecule has 1 aromatic heterocycles. The smallest absolute Gasteiger partial charge is 0.248 e. The largest absolute Gasteiger partial charge is 0.453 e. The van der Waals surface area contributed by atoms with E-state index in [0.29, 0.717) is 22.0 Å². The van der Waals surface area contributed by atoms with Crippen molar-refractivity contribution in [1.82, 2.24) is 9.88 Å². The average molecular weight is 463 g/mol. The summed E-state index contributed by atoms with van der Waals surface area (Å²) in [6.07, 6.45) is 0.594. The van der Waals surface area contributed by atoms with Gasteiger partial charge in [0, 0.05) is 17.1 Å². The van der Waals surface area contributed by atoms with Crippen LogP contribution in [0, 0.1) is 12.7 Å². The zero-order chi connectivity index (χ0) is 22.3. The van der Waals surface area contributed by atoms with E-state index in [1.807, 2.05) is 0 Å². The van der Waals surface area contributed by atoms with Crippen LogP contribution in [0.5, 0.6) is 11.5 Å². The molecule has 0 atom stereocenters. The third-order valence-corrected chi connectivity index (χ3v) is 5.68. The Balaban J connectivity index is 1.63. The van der Waals surface area contributed by atoms with Crippen molar-refractivity contribution < 1.29 is 18.3 Å². The molecule has 1 saturated heterocycles. The molecule has 0 aliphatic carbocycles. The fourth-order valence-corrected chi connectivity index (χ4v) is 3.70. The number of fused-ring (bicyclic) bond motifs is 1. The number of halogens is 3. The van der Waals surface area contributed by atoms with Crippen molar-refractivity contribution in [3.8, 4) is 11.5 Å². The molecule has 1 aliphatic rings. The maximum absolute atomic E-state index is 14.9. The number of benzene rings is 2. The Labute approximate surface area is 186 Å². The number of likely N-dealkylation sites (tertiary alicyclic amines) is 1.